The van der Waals surface area contributed by atoms with Gasteiger partial charge in [0.25, 0.3) is 0 Å². The zero-order valence-corrected chi connectivity index (χ0v) is 14.1. The van der Waals surface area contributed by atoms with Gasteiger partial charge in [-0.2, -0.15) is 0 Å². The molecule has 1 saturated carbocycles. The number of benzene rings is 2. The summed E-state index contributed by atoms with van der Waals surface area (Å²) in [5.41, 5.74) is 5.01. The molecular weight excluding hydrogens is 312 g/mol. The zero-order valence-electron chi connectivity index (χ0n) is 14.1. The summed E-state index contributed by atoms with van der Waals surface area (Å²) in [6.07, 6.45) is -0.292. The lowest BCUT2D eigenvalue weighted by atomic mass is 9.98. The van der Waals surface area contributed by atoms with Crippen LogP contribution in [0.1, 0.15) is 17.0 Å². The number of fused-ring (bicyclic) bond motifs is 4. The predicted octanol–water partition coefficient (Wildman–Crippen LogP) is 2.99. The summed E-state index contributed by atoms with van der Waals surface area (Å²) in [4.78, 5) is 12.1. The fourth-order valence-electron chi connectivity index (χ4n) is 4.70. The molecule has 2 fully saturated rings. The van der Waals surface area contributed by atoms with Crippen molar-refractivity contribution in [2.24, 2.45) is 17.8 Å². The highest BCUT2D eigenvalue weighted by Gasteiger charge is 2.52. The van der Waals surface area contributed by atoms with E-state index >= 15 is 0 Å². The van der Waals surface area contributed by atoms with Gasteiger partial charge in [0.05, 0.1) is 0 Å². The molecule has 1 saturated heterocycles. The lowest BCUT2D eigenvalue weighted by molar-refractivity contribution is 0.142. The number of nitrogens with one attached hydrogen (secondary N) is 2. The molecule has 2 unspecified atom stereocenters. The van der Waals surface area contributed by atoms with E-state index in [1.807, 2.05) is 0 Å². The van der Waals surface area contributed by atoms with Gasteiger partial charge in [0, 0.05) is 12.5 Å². The SMILES string of the molecule is O=C(NCC1C2CNCC21)OCC1c2ccccc2-c2ccccc21. The molecular formula is C21H22N2O2. The molecule has 4 nitrogen and oxygen atoms in total. The second-order valence-electron chi connectivity index (χ2n) is 7.36. The van der Waals surface area contributed by atoms with Gasteiger partial charge in [-0.25, -0.2) is 4.79 Å². The van der Waals surface area contributed by atoms with Crippen LogP contribution in [0.15, 0.2) is 48.5 Å². The number of ether oxygens (including phenoxy) is 1. The third-order valence-electron chi connectivity index (χ3n) is 6.09. The first-order valence-corrected chi connectivity index (χ1v) is 9.12. The Labute approximate surface area is 147 Å². The smallest absolute Gasteiger partial charge is 0.407 e. The Bertz CT molecular complexity index is 764. The molecule has 4 heteroatoms. The van der Waals surface area contributed by atoms with Gasteiger partial charge in [0.15, 0.2) is 0 Å². The summed E-state index contributed by atoms with van der Waals surface area (Å²) in [5.74, 6) is 2.28. The maximum Gasteiger partial charge on any atom is 0.407 e. The van der Waals surface area contributed by atoms with E-state index in [4.69, 9.17) is 4.74 Å². The van der Waals surface area contributed by atoms with Crippen LogP contribution in [0, 0.1) is 17.8 Å². The van der Waals surface area contributed by atoms with Crippen LogP contribution in [0.3, 0.4) is 0 Å². The number of hydrogen-bond acceptors (Lipinski definition) is 3. The lowest BCUT2D eigenvalue weighted by Crippen LogP contribution is -2.30. The Morgan fingerprint density at radius 2 is 1.60 bits per heavy atom. The Hall–Kier alpha value is -2.33. The van der Waals surface area contributed by atoms with E-state index in [0.717, 1.165) is 31.5 Å². The highest BCUT2D eigenvalue weighted by molar-refractivity contribution is 5.79. The van der Waals surface area contributed by atoms with Gasteiger partial charge < -0.3 is 15.4 Å². The summed E-state index contributed by atoms with van der Waals surface area (Å²) in [6, 6.07) is 16.8. The second kappa shape index (κ2) is 5.88. The Morgan fingerprint density at radius 1 is 1.00 bits per heavy atom. The summed E-state index contributed by atoms with van der Waals surface area (Å²) >= 11 is 0. The molecule has 2 aromatic rings. The van der Waals surface area contributed by atoms with Crippen LogP contribution in [0.4, 0.5) is 4.79 Å². The molecule has 1 heterocycles. The van der Waals surface area contributed by atoms with Gasteiger partial charge >= 0.3 is 6.09 Å². The Kier molecular flexibility index (Phi) is 3.52. The quantitative estimate of drug-likeness (QED) is 0.904. The molecule has 0 spiro atoms. The number of alkyl carbamates (subject to hydrolysis) is 1. The van der Waals surface area contributed by atoms with Crippen LogP contribution >= 0.6 is 0 Å². The summed E-state index contributed by atoms with van der Waals surface area (Å²) in [5, 5.41) is 6.33. The van der Waals surface area contributed by atoms with Gasteiger partial charge in [0.2, 0.25) is 0 Å². The minimum atomic E-state index is -0.292. The van der Waals surface area contributed by atoms with Crippen molar-refractivity contribution >= 4 is 6.09 Å². The third kappa shape index (κ3) is 2.52. The Balaban J connectivity index is 1.23. The highest BCUT2D eigenvalue weighted by Crippen LogP contribution is 2.48. The molecule has 0 bridgehead atoms. The Morgan fingerprint density at radius 3 is 2.24 bits per heavy atom. The predicted molar refractivity (Wildman–Crippen MR) is 96.4 cm³/mol. The van der Waals surface area contributed by atoms with E-state index < -0.39 is 0 Å². The molecule has 2 atom stereocenters. The van der Waals surface area contributed by atoms with Crippen LogP contribution in [0.2, 0.25) is 0 Å². The molecule has 128 valence electrons. The minimum Gasteiger partial charge on any atom is -0.449 e. The van der Waals surface area contributed by atoms with Gasteiger partial charge in [0.1, 0.15) is 6.61 Å². The summed E-state index contributed by atoms with van der Waals surface area (Å²) < 4.78 is 5.57. The fourth-order valence-corrected chi connectivity index (χ4v) is 4.70. The van der Waals surface area contributed by atoms with Gasteiger partial charge in [-0.3, -0.25) is 0 Å². The molecule has 1 amide bonds. The number of hydrogen-bond donors (Lipinski definition) is 2. The number of piperidine rings is 1. The minimum absolute atomic E-state index is 0.127. The average molecular weight is 334 g/mol. The number of amides is 1. The van der Waals surface area contributed by atoms with Crippen LogP contribution < -0.4 is 10.6 Å². The maximum atomic E-state index is 12.1. The topological polar surface area (TPSA) is 50.4 Å². The van der Waals surface area contributed by atoms with Crippen LogP contribution in [0.25, 0.3) is 11.1 Å². The standard InChI is InChI=1S/C21H22N2O2/c24-21(23-11-19-17-9-22-10-18(17)19)25-12-20-15-7-3-1-5-13(15)14-6-2-4-8-16(14)20/h1-8,17-20,22H,9-12H2,(H,23,24). The van der Waals surface area contributed by atoms with Crippen LogP contribution in [-0.2, 0) is 4.74 Å². The largest absolute Gasteiger partial charge is 0.449 e. The summed E-state index contributed by atoms with van der Waals surface area (Å²) in [6.45, 7) is 3.33. The third-order valence-corrected chi connectivity index (χ3v) is 6.09. The maximum absolute atomic E-state index is 12.1. The van der Waals surface area contributed by atoms with Gasteiger partial charge in [-0.15, -0.1) is 0 Å². The van der Waals surface area contributed by atoms with Crippen molar-refractivity contribution in [1.29, 1.82) is 0 Å². The molecule has 1 aliphatic heterocycles. The monoisotopic (exact) mass is 334 g/mol. The fraction of sp³-hybridized carbons (Fsp3) is 0.381. The highest BCUT2D eigenvalue weighted by atomic mass is 16.5. The summed E-state index contributed by atoms with van der Waals surface area (Å²) in [7, 11) is 0. The van der Waals surface area contributed by atoms with E-state index in [2.05, 4.69) is 59.2 Å². The molecule has 2 aliphatic carbocycles. The average Bonchev–Trinajstić information content (AvgIpc) is 2.98. The second-order valence-corrected chi connectivity index (χ2v) is 7.36. The zero-order chi connectivity index (χ0) is 16.8. The molecule has 2 aromatic carbocycles. The first-order chi connectivity index (χ1) is 12.3. The first-order valence-electron chi connectivity index (χ1n) is 9.12. The van der Waals surface area contributed by atoms with Crippen molar-refractivity contribution in [1.82, 2.24) is 10.6 Å². The molecule has 2 N–H and O–H groups in total. The van der Waals surface area contributed by atoms with Crippen molar-refractivity contribution < 1.29 is 9.53 Å². The molecule has 0 aromatic heterocycles. The van der Waals surface area contributed by atoms with Crippen molar-refractivity contribution in [3.8, 4) is 11.1 Å². The van der Waals surface area contributed by atoms with E-state index in [-0.39, 0.29) is 12.0 Å². The number of rotatable bonds is 4. The van der Waals surface area contributed by atoms with E-state index in [9.17, 15) is 4.79 Å². The molecule has 5 rings (SSSR count). The van der Waals surface area contributed by atoms with Crippen molar-refractivity contribution in [2.45, 2.75) is 5.92 Å². The number of carbonyl (C=O) groups is 1. The van der Waals surface area contributed by atoms with E-state index in [0.29, 0.717) is 12.5 Å². The molecule has 0 radical (unpaired) electrons. The van der Waals surface area contributed by atoms with E-state index in [1.165, 1.54) is 22.3 Å². The van der Waals surface area contributed by atoms with Gasteiger partial charge in [-0.05, 0) is 53.1 Å². The molecule has 25 heavy (non-hydrogen) atoms. The lowest BCUT2D eigenvalue weighted by Gasteiger charge is -2.15. The van der Waals surface area contributed by atoms with E-state index in [1.54, 1.807) is 0 Å². The van der Waals surface area contributed by atoms with Crippen LogP contribution in [0.5, 0.6) is 0 Å². The normalized spacial score (nSPS) is 25.8. The van der Waals surface area contributed by atoms with Crippen molar-refractivity contribution in [3.05, 3.63) is 59.7 Å². The van der Waals surface area contributed by atoms with Gasteiger partial charge in [-0.1, -0.05) is 48.5 Å². The van der Waals surface area contributed by atoms with Crippen molar-refractivity contribution in [3.63, 3.8) is 0 Å². The van der Waals surface area contributed by atoms with Crippen molar-refractivity contribution in [2.75, 3.05) is 26.2 Å². The molecule has 3 aliphatic rings. The first kappa shape index (κ1) is 15.0. The number of carbonyl (C=O) groups excluding carboxylic acids is 1. The van der Waals surface area contributed by atoms with Crippen LogP contribution in [-0.4, -0.2) is 32.3 Å².